The van der Waals surface area contributed by atoms with Gasteiger partial charge < -0.3 is 4.42 Å². The molecule has 0 aliphatic carbocycles. The summed E-state index contributed by atoms with van der Waals surface area (Å²) in [5, 5.41) is 2.36. The van der Waals surface area contributed by atoms with Crippen LogP contribution in [-0.2, 0) is 5.41 Å². The monoisotopic (exact) mass is 598 g/mol. The Balaban J connectivity index is 1.30. The summed E-state index contributed by atoms with van der Waals surface area (Å²) >= 11 is 0. The Morgan fingerprint density at radius 3 is 2.20 bits per heavy atom. The highest BCUT2D eigenvalue weighted by atomic mass is 16.3. The van der Waals surface area contributed by atoms with Crippen molar-refractivity contribution in [2.75, 3.05) is 0 Å². The molecule has 0 atom stereocenters. The summed E-state index contributed by atoms with van der Waals surface area (Å²) in [5.74, 6) is 1.05. The summed E-state index contributed by atoms with van der Waals surface area (Å²) in [6, 6.07) is 44.8. The Bertz CT molecular complexity index is 2210. The van der Waals surface area contributed by atoms with E-state index in [1.807, 2.05) is 30.5 Å². The lowest BCUT2D eigenvalue weighted by Crippen LogP contribution is -2.11. The van der Waals surface area contributed by atoms with Crippen molar-refractivity contribution in [1.82, 2.24) is 4.98 Å². The molecule has 7 aromatic rings. The van der Waals surface area contributed by atoms with Crippen molar-refractivity contribution in [3.05, 3.63) is 144 Å². The third-order valence-corrected chi connectivity index (χ3v) is 8.74. The summed E-state index contributed by atoms with van der Waals surface area (Å²) < 4.78 is 6.56. The van der Waals surface area contributed by atoms with Crippen molar-refractivity contribution >= 4 is 33.8 Å². The van der Waals surface area contributed by atoms with Gasteiger partial charge in [0.15, 0.2) is 5.58 Å². The number of hydrogen-bond donors (Lipinski definition) is 0. The maximum atomic E-state index is 6.56. The minimum Gasteiger partial charge on any atom is -0.436 e. The zero-order valence-electron chi connectivity index (χ0n) is 27.1. The SMILES string of the molecule is CC(C)c1cccc(-c2ccc(-c3cc(C(C)(C)C)cc4oc(-c5ccccc5N=Cc5cccc6ccccc56)nc34)cc2)c1. The van der Waals surface area contributed by atoms with Crippen molar-refractivity contribution in [2.45, 2.75) is 46.0 Å². The number of nitrogens with zero attached hydrogens (tertiary/aromatic N) is 2. The minimum absolute atomic E-state index is 0.0617. The van der Waals surface area contributed by atoms with Crippen molar-refractivity contribution < 1.29 is 4.42 Å². The maximum absolute atomic E-state index is 6.56. The molecular weight excluding hydrogens is 560 g/mol. The van der Waals surface area contributed by atoms with Crippen LogP contribution < -0.4 is 0 Å². The average molecular weight is 599 g/mol. The van der Waals surface area contributed by atoms with E-state index in [-0.39, 0.29) is 5.41 Å². The number of aliphatic imine (C=N–C) groups is 1. The van der Waals surface area contributed by atoms with Gasteiger partial charge in [0.25, 0.3) is 0 Å². The lowest BCUT2D eigenvalue weighted by atomic mass is 9.85. The van der Waals surface area contributed by atoms with E-state index in [2.05, 4.69) is 138 Å². The van der Waals surface area contributed by atoms with Crippen molar-refractivity contribution in [3.8, 4) is 33.7 Å². The van der Waals surface area contributed by atoms with E-state index in [1.54, 1.807) is 0 Å². The number of fused-ring (bicyclic) bond motifs is 2. The molecule has 226 valence electrons. The fourth-order valence-corrected chi connectivity index (χ4v) is 5.99. The Morgan fingerprint density at radius 1 is 0.674 bits per heavy atom. The third-order valence-electron chi connectivity index (χ3n) is 8.74. The van der Waals surface area contributed by atoms with Gasteiger partial charge in [-0.3, -0.25) is 4.99 Å². The van der Waals surface area contributed by atoms with E-state index in [4.69, 9.17) is 14.4 Å². The predicted octanol–water partition coefficient (Wildman–Crippen LogP) is 12.2. The molecule has 0 aliphatic rings. The maximum Gasteiger partial charge on any atom is 0.229 e. The summed E-state index contributed by atoms with van der Waals surface area (Å²) in [5.41, 5.74) is 11.5. The van der Waals surface area contributed by atoms with E-state index >= 15 is 0 Å². The lowest BCUT2D eigenvalue weighted by molar-refractivity contribution is 0.584. The van der Waals surface area contributed by atoms with Gasteiger partial charge in [-0.1, -0.05) is 138 Å². The molecule has 1 heterocycles. The average Bonchev–Trinajstić information content (AvgIpc) is 3.51. The Hall–Kier alpha value is -5.28. The molecule has 0 bridgehead atoms. The molecule has 0 saturated heterocycles. The standard InChI is InChI=1S/C43H38N2O/c1-28(2)32-14-11-15-33(24-32)29-20-22-31(23-21-29)38-25-35(43(3,4)5)26-40-41(38)45-42(46-40)37-18-8-9-19-39(37)44-27-34-16-10-13-30-12-6-7-17-36(30)34/h6-28H,1-5H3. The van der Waals surface area contributed by atoms with Gasteiger partial charge in [-0.05, 0) is 74.2 Å². The Kier molecular flexibility index (Phi) is 7.62. The second-order valence-electron chi connectivity index (χ2n) is 13.3. The predicted molar refractivity (Wildman–Crippen MR) is 194 cm³/mol. The molecule has 0 spiro atoms. The number of oxazole rings is 1. The van der Waals surface area contributed by atoms with E-state index in [0.717, 1.165) is 39.0 Å². The van der Waals surface area contributed by atoms with Crippen LogP contribution in [0.2, 0.25) is 0 Å². The molecule has 0 N–H and O–H groups in total. The van der Waals surface area contributed by atoms with Crippen LogP contribution >= 0.6 is 0 Å². The van der Waals surface area contributed by atoms with E-state index in [1.165, 1.54) is 33.0 Å². The molecule has 3 nitrogen and oxygen atoms in total. The van der Waals surface area contributed by atoms with Crippen LogP contribution in [0.1, 0.15) is 57.2 Å². The quantitative estimate of drug-likeness (QED) is 0.179. The van der Waals surface area contributed by atoms with Crippen molar-refractivity contribution in [2.24, 2.45) is 4.99 Å². The highest BCUT2D eigenvalue weighted by Gasteiger charge is 2.21. The van der Waals surface area contributed by atoms with E-state index < -0.39 is 0 Å². The molecular formula is C43H38N2O. The lowest BCUT2D eigenvalue weighted by Gasteiger charge is -2.20. The molecule has 0 fully saturated rings. The van der Waals surface area contributed by atoms with Crippen molar-refractivity contribution in [3.63, 3.8) is 0 Å². The number of rotatable bonds is 6. The summed E-state index contributed by atoms with van der Waals surface area (Å²) in [7, 11) is 0. The zero-order chi connectivity index (χ0) is 31.8. The molecule has 0 unspecified atom stereocenters. The normalized spacial score (nSPS) is 12.1. The van der Waals surface area contributed by atoms with Crippen LogP contribution in [0.5, 0.6) is 0 Å². The highest BCUT2D eigenvalue weighted by Crippen LogP contribution is 2.39. The van der Waals surface area contributed by atoms with Crippen molar-refractivity contribution in [1.29, 1.82) is 0 Å². The van der Waals surface area contributed by atoms with Gasteiger partial charge in [0.1, 0.15) is 5.52 Å². The van der Waals surface area contributed by atoms with Gasteiger partial charge in [-0.2, -0.15) is 0 Å². The number of aromatic nitrogens is 1. The second-order valence-corrected chi connectivity index (χ2v) is 13.3. The Morgan fingerprint density at radius 2 is 1.39 bits per heavy atom. The zero-order valence-corrected chi connectivity index (χ0v) is 27.1. The van der Waals surface area contributed by atoms with Crippen LogP contribution in [0.15, 0.2) is 137 Å². The largest absolute Gasteiger partial charge is 0.436 e. The number of hydrogen-bond acceptors (Lipinski definition) is 3. The smallest absolute Gasteiger partial charge is 0.229 e. The first kappa shape index (κ1) is 29.4. The Labute approximate surface area is 271 Å². The van der Waals surface area contributed by atoms with Crippen LogP contribution in [0.25, 0.3) is 55.6 Å². The highest BCUT2D eigenvalue weighted by molar-refractivity contribution is 6.01. The number of benzene rings is 6. The van der Waals surface area contributed by atoms with Crippen LogP contribution in [0, 0.1) is 0 Å². The first-order valence-electron chi connectivity index (χ1n) is 16.0. The first-order chi connectivity index (χ1) is 22.2. The van der Waals surface area contributed by atoms with E-state index in [9.17, 15) is 0 Å². The minimum atomic E-state index is -0.0617. The molecule has 3 heteroatoms. The molecule has 6 aromatic carbocycles. The van der Waals surface area contributed by atoms with Gasteiger partial charge in [0.05, 0.1) is 11.3 Å². The molecule has 0 radical (unpaired) electrons. The third kappa shape index (κ3) is 5.77. The van der Waals surface area contributed by atoms with Gasteiger partial charge in [-0.15, -0.1) is 0 Å². The summed E-state index contributed by atoms with van der Waals surface area (Å²) in [6.45, 7) is 11.2. The molecule has 46 heavy (non-hydrogen) atoms. The topological polar surface area (TPSA) is 38.4 Å². The second kappa shape index (κ2) is 11.9. The van der Waals surface area contributed by atoms with Gasteiger partial charge >= 0.3 is 0 Å². The van der Waals surface area contributed by atoms with Crippen LogP contribution in [0.3, 0.4) is 0 Å². The van der Waals surface area contributed by atoms with Gasteiger partial charge in [0.2, 0.25) is 5.89 Å². The fraction of sp³-hybridized carbons (Fsp3) is 0.163. The summed E-state index contributed by atoms with van der Waals surface area (Å²) in [6.07, 6.45) is 1.94. The van der Waals surface area contributed by atoms with Gasteiger partial charge in [0, 0.05) is 17.3 Å². The fourth-order valence-electron chi connectivity index (χ4n) is 5.99. The van der Waals surface area contributed by atoms with Gasteiger partial charge in [-0.25, -0.2) is 4.98 Å². The first-order valence-corrected chi connectivity index (χ1v) is 16.0. The molecule has 0 saturated carbocycles. The molecule has 7 rings (SSSR count). The van der Waals surface area contributed by atoms with E-state index in [0.29, 0.717) is 11.8 Å². The molecule has 0 amide bonds. The molecule has 0 aliphatic heterocycles. The summed E-state index contributed by atoms with van der Waals surface area (Å²) in [4.78, 5) is 10.1. The van der Waals surface area contributed by atoms with Crippen LogP contribution in [0.4, 0.5) is 5.69 Å². The van der Waals surface area contributed by atoms with Crippen LogP contribution in [-0.4, -0.2) is 11.2 Å². The number of para-hydroxylation sites is 1. The molecule has 1 aromatic heterocycles.